The molecule has 1 aliphatic carbocycles. The van der Waals surface area contributed by atoms with Crippen LogP contribution in [0.2, 0.25) is 0 Å². The lowest BCUT2D eigenvalue weighted by Gasteiger charge is -2.33. The third kappa shape index (κ3) is 4.45. The zero-order valence-electron chi connectivity index (χ0n) is 21.1. The molecule has 35 heavy (non-hydrogen) atoms. The number of likely N-dealkylation sites (N-methyl/N-ethyl adjacent to an activating group) is 2. The van der Waals surface area contributed by atoms with Gasteiger partial charge in [0, 0.05) is 36.1 Å². The van der Waals surface area contributed by atoms with Crippen LogP contribution in [0.25, 0.3) is 22.2 Å². The van der Waals surface area contributed by atoms with Crippen molar-refractivity contribution in [3.63, 3.8) is 0 Å². The highest BCUT2D eigenvalue weighted by molar-refractivity contribution is 5.99. The van der Waals surface area contributed by atoms with E-state index in [1.807, 2.05) is 13.1 Å². The van der Waals surface area contributed by atoms with Crippen LogP contribution >= 0.6 is 0 Å². The Morgan fingerprint density at radius 2 is 2.00 bits per heavy atom. The number of fused-ring (bicyclic) bond motifs is 5. The maximum Gasteiger partial charge on any atom is 0.335 e. The zero-order valence-corrected chi connectivity index (χ0v) is 21.1. The van der Waals surface area contributed by atoms with E-state index in [4.69, 9.17) is 4.74 Å². The van der Waals surface area contributed by atoms with Crippen LogP contribution in [0.5, 0.6) is 5.75 Å². The Labute approximate surface area is 207 Å². The van der Waals surface area contributed by atoms with Crippen molar-refractivity contribution in [2.24, 2.45) is 0 Å². The Morgan fingerprint density at radius 3 is 2.74 bits per heavy atom. The van der Waals surface area contributed by atoms with Crippen LogP contribution in [0.15, 0.2) is 36.4 Å². The fraction of sp³-hybridized carbons (Fsp3) is 0.483. The second-order valence-electron chi connectivity index (χ2n) is 10.2. The molecule has 0 radical (unpaired) electrons. The zero-order chi connectivity index (χ0) is 24.5. The minimum Gasteiger partial charge on any atom is -0.491 e. The number of aromatic nitrogens is 1. The van der Waals surface area contributed by atoms with E-state index in [0.29, 0.717) is 18.1 Å². The number of carboxylic acid groups (broad SMARTS) is 1. The fourth-order valence-electron chi connectivity index (χ4n) is 6.02. The molecule has 1 aromatic heterocycles. The summed E-state index contributed by atoms with van der Waals surface area (Å²) >= 11 is 0. The monoisotopic (exact) mass is 475 g/mol. The lowest BCUT2D eigenvalue weighted by Crippen LogP contribution is -2.43. The van der Waals surface area contributed by atoms with Crippen LogP contribution in [0, 0.1) is 6.92 Å². The van der Waals surface area contributed by atoms with E-state index in [2.05, 4.69) is 53.0 Å². The molecule has 0 spiro atoms. The van der Waals surface area contributed by atoms with E-state index >= 15 is 0 Å². The molecule has 6 heteroatoms. The normalized spacial score (nSPS) is 18.6. The van der Waals surface area contributed by atoms with Crippen LogP contribution < -0.4 is 10.1 Å². The first-order valence-corrected chi connectivity index (χ1v) is 13.0. The first-order valence-electron chi connectivity index (χ1n) is 13.0. The summed E-state index contributed by atoms with van der Waals surface area (Å²) in [6.45, 7) is 5.33. The van der Waals surface area contributed by atoms with Gasteiger partial charge in [0.2, 0.25) is 0 Å². The van der Waals surface area contributed by atoms with Gasteiger partial charge in [-0.2, -0.15) is 0 Å². The summed E-state index contributed by atoms with van der Waals surface area (Å²) in [6, 6.07) is 12.2. The third-order valence-corrected chi connectivity index (χ3v) is 8.00. The van der Waals surface area contributed by atoms with E-state index in [1.165, 1.54) is 54.3 Å². The SMILES string of the molecule is CNCCN(C)[C@H]1COc2cccc(C)c2-c2c(C3CCCCC3)c3ccc(C(=O)O)cc3n2C1. The third-order valence-electron chi connectivity index (χ3n) is 8.00. The van der Waals surface area contributed by atoms with Gasteiger partial charge in [-0.05, 0) is 69.1 Å². The Balaban J connectivity index is 1.78. The lowest BCUT2D eigenvalue weighted by atomic mass is 9.81. The predicted octanol–water partition coefficient (Wildman–Crippen LogP) is 5.27. The van der Waals surface area contributed by atoms with Gasteiger partial charge in [-0.1, -0.05) is 37.5 Å². The Bertz CT molecular complexity index is 1230. The summed E-state index contributed by atoms with van der Waals surface area (Å²) in [5.74, 6) is 0.525. The van der Waals surface area contributed by atoms with Gasteiger partial charge in [-0.15, -0.1) is 0 Å². The quantitative estimate of drug-likeness (QED) is 0.508. The summed E-state index contributed by atoms with van der Waals surface area (Å²) in [7, 11) is 4.13. The first kappa shape index (κ1) is 23.9. The molecule has 3 aromatic rings. The molecular weight excluding hydrogens is 438 g/mol. The molecular formula is C29H37N3O3. The van der Waals surface area contributed by atoms with E-state index in [1.54, 1.807) is 6.07 Å². The number of carbonyl (C=O) groups is 1. The van der Waals surface area contributed by atoms with Crippen LogP contribution in [-0.2, 0) is 6.54 Å². The van der Waals surface area contributed by atoms with Crippen LogP contribution in [0.4, 0.5) is 0 Å². The maximum absolute atomic E-state index is 11.9. The molecule has 0 saturated heterocycles. The lowest BCUT2D eigenvalue weighted by molar-refractivity contribution is 0.0697. The van der Waals surface area contributed by atoms with Crippen molar-refractivity contribution in [1.82, 2.24) is 14.8 Å². The van der Waals surface area contributed by atoms with E-state index in [9.17, 15) is 9.90 Å². The highest BCUT2D eigenvalue weighted by atomic mass is 16.5. The van der Waals surface area contributed by atoms with Crippen molar-refractivity contribution in [2.75, 3.05) is 33.8 Å². The molecule has 0 bridgehead atoms. The number of rotatable bonds is 6. The van der Waals surface area contributed by atoms with Crippen LogP contribution in [0.3, 0.4) is 0 Å². The maximum atomic E-state index is 11.9. The van der Waals surface area contributed by atoms with Crippen molar-refractivity contribution in [3.05, 3.63) is 53.1 Å². The summed E-state index contributed by atoms with van der Waals surface area (Å²) in [6.07, 6.45) is 6.15. The Hall–Kier alpha value is -2.83. The van der Waals surface area contributed by atoms with Crippen molar-refractivity contribution >= 4 is 16.9 Å². The van der Waals surface area contributed by atoms with Gasteiger partial charge in [-0.3, -0.25) is 4.90 Å². The largest absolute Gasteiger partial charge is 0.491 e. The number of hydrogen-bond donors (Lipinski definition) is 2. The molecule has 1 atom stereocenters. The molecule has 0 unspecified atom stereocenters. The van der Waals surface area contributed by atoms with Gasteiger partial charge in [0.25, 0.3) is 0 Å². The van der Waals surface area contributed by atoms with E-state index in [0.717, 1.165) is 36.5 Å². The predicted molar refractivity (Wildman–Crippen MR) is 141 cm³/mol. The molecule has 1 saturated carbocycles. The first-order chi connectivity index (χ1) is 17.0. The topological polar surface area (TPSA) is 66.7 Å². The Morgan fingerprint density at radius 1 is 1.20 bits per heavy atom. The second kappa shape index (κ2) is 10.0. The van der Waals surface area contributed by atoms with E-state index < -0.39 is 5.97 Å². The summed E-state index contributed by atoms with van der Waals surface area (Å²) in [4.78, 5) is 14.3. The van der Waals surface area contributed by atoms with Crippen LogP contribution in [0.1, 0.15) is 59.5 Å². The van der Waals surface area contributed by atoms with Crippen molar-refractivity contribution < 1.29 is 14.6 Å². The molecule has 2 N–H and O–H groups in total. The van der Waals surface area contributed by atoms with E-state index in [-0.39, 0.29) is 6.04 Å². The standard InChI is InChI=1S/C29H37N3O3/c1-19-8-7-11-25-26(19)28-27(20-9-5-4-6-10-20)23-13-12-21(29(33)34)16-24(23)32(28)17-22(18-35-25)31(3)15-14-30-2/h7-8,11-13,16,20,22,30H,4-6,9-10,14-15,17-18H2,1-3H3,(H,33,34)/t22-/m1/s1. The molecule has 2 heterocycles. The highest BCUT2D eigenvalue weighted by Crippen LogP contribution is 2.48. The number of ether oxygens (including phenoxy) is 1. The van der Waals surface area contributed by atoms with Gasteiger partial charge in [0.05, 0.1) is 17.3 Å². The number of carboxylic acids is 1. The molecule has 5 rings (SSSR count). The van der Waals surface area contributed by atoms with Gasteiger partial charge in [-0.25, -0.2) is 4.79 Å². The average molecular weight is 476 g/mol. The molecule has 6 nitrogen and oxygen atoms in total. The smallest absolute Gasteiger partial charge is 0.335 e. The summed E-state index contributed by atoms with van der Waals surface area (Å²) in [5.41, 5.74) is 6.35. The molecule has 186 valence electrons. The number of nitrogens with one attached hydrogen (secondary N) is 1. The number of aromatic carboxylic acids is 1. The Kier molecular flexibility index (Phi) is 6.85. The molecule has 2 aromatic carbocycles. The number of benzene rings is 2. The second-order valence-corrected chi connectivity index (χ2v) is 10.2. The van der Waals surface area contributed by atoms with Gasteiger partial charge >= 0.3 is 5.97 Å². The summed E-state index contributed by atoms with van der Waals surface area (Å²) in [5, 5.41) is 14.2. The number of nitrogens with zero attached hydrogens (tertiary/aromatic N) is 2. The van der Waals surface area contributed by atoms with Crippen molar-refractivity contribution in [2.45, 2.75) is 57.5 Å². The minimum atomic E-state index is -0.880. The fourth-order valence-corrected chi connectivity index (χ4v) is 6.02. The van der Waals surface area contributed by atoms with Crippen molar-refractivity contribution in [3.8, 4) is 17.0 Å². The molecule has 1 aliphatic heterocycles. The van der Waals surface area contributed by atoms with Gasteiger partial charge in [0.15, 0.2) is 0 Å². The number of hydrogen-bond acceptors (Lipinski definition) is 4. The molecule has 2 aliphatic rings. The van der Waals surface area contributed by atoms with Gasteiger partial charge < -0.3 is 19.7 Å². The molecule has 1 fully saturated rings. The van der Waals surface area contributed by atoms with Gasteiger partial charge in [0.1, 0.15) is 12.4 Å². The van der Waals surface area contributed by atoms with Crippen LogP contribution in [-0.4, -0.2) is 60.4 Å². The summed E-state index contributed by atoms with van der Waals surface area (Å²) < 4.78 is 8.93. The van der Waals surface area contributed by atoms with Crippen molar-refractivity contribution in [1.29, 1.82) is 0 Å². The molecule has 0 amide bonds. The highest BCUT2D eigenvalue weighted by Gasteiger charge is 2.32. The minimum absolute atomic E-state index is 0.166. The number of aryl methyl sites for hydroxylation is 1. The average Bonchev–Trinajstić information content (AvgIpc) is 3.16.